The van der Waals surface area contributed by atoms with Gasteiger partial charge < -0.3 is 5.32 Å². The van der Waals surface area contributed by atoms with E-state index in [1.54, 1.807) is 17.5 Å². The van der Waals surface area contributed by atoms with Crippen LogP contribution in [0.25, 0.3) is 38.5 Å². The van der Waals surface area contributed by atoms with Crippen LogP contribution in [0.5, 0.6) is 0 Å². The van der Waals surface area contributed by atoms with Crippen LogP contribution in [-0.4, -0.2) is 25.5 Å². The van der Waals surface area contributed by atoms with Crippen molar-refractivity contribution in [1.82, 2.24) is 19.7 Å². The third-order valence-electron chi connectivity index (χ3n) is 6.39. The second-order valence-electron chi connectivity index (χ2n) is 8.67. The van der Waals surface area contributed by atoms with E-state index in [4.69, 9.17) is 0 Å². The molecule has 7 rings (SSSR count). The zero-order valence-corrected chi connectivity index (χ0v) is 19.9. The third kappa shape index (κ3) is 3.40. The molecule has 1 N–H and O–H groups in total. The number of carbonyl (C=O) groups is 1. The minimum absolute atomic E-state index is 0.128. The second kappa shape index (κ2) is 8.25. The second-order valence-corrected chi connectivity index (χ2v) is 9.75. The number of carbonyl (C=O) groups excluding carboxylic acids is 1. The fourth-order valence-electron chi connectivity index (χ4n) is 4.63. The van der Waals surface area contributed by atoms with Crippen LogP contribution in [0, 0.1) is 0 Å². The van der Waals surface area contributed by atoms with E-state index >= 15 is 0 Å². The standard InChI is InChI=1S/C29H19N5OS/c35-24(26-17-20-6-1-4-10-25(20)36-26)16-18-11-13-19(14-12-18)28-32-33-29-21-7-2-3-8-22(21)31-27-23(34(28)29)9-5-15-30-27/h1-15,17H,16H2,(H,30,31). The summed E-state index contributed by atoms with van der Waals surface area (Å²) in [5.41, 5.74) is 4.66. The molecule has 0 fully saturated rings. The van der Waals surface area contributed by atoms with Gasteiger partial charge in [0.15, 0.2) is 23.2 Å². The molecule has 0 atom stereocenters. The number of benzene rings is 3. The number of fused-ring (bicyclic) bond motifs is 6. The van der Waals surface area contributed by atoms with Crippen molar-refractivity contribution >= 4 is 38.7 Å². The maximum Gasteiger partial charge on any atom is 0.177 e. The van der Waals surface area contributed by atoms with Gasteiger partial charge in [0.1, 0.15) is 0 Å². The monoisotopic (exact) mass is 485 g/mol. The molecule has 0 saturated carbocycles. The van der Waals surface area contributed by atoms with E-state index in [9.17, 15) is 4.79 Å². The third-order valence-corrected chi connectivity index (χ3v) is 7.55. The number of nitrogens with zero attached hydrogens (tertiary/aromatic N) is 4. The molecule has 172 valence electrons. The summed E-state index contributed by atoms with van der Waals surface area (Å²) in [6, 6.07) is 30.0. The Kier molecular flexibility index (Phi) is 4.75. The van der Waals surface area contributed by atoms with Crippen molar-refractivity contribution in [1.29, 1.82) is 0 Å². The van der Waals surface area contributed by atoms with Crippen molar-refractivity contribution < 1.29 is 4.79 Å². The number of Topliss-reactive ketones (excluding diaryl/α,β-unsaturated/α-hetero) is 1. The lowest BCUT2D eigenvalue weighted by Gasteiger charge is -2.11. The van der Waals surface area contributed by atoms with Crippen molar-refractivity contribution in [2.45, 2.75) is 6.42 Å². The molecule has 6 nitrogen and oxygen atoms in total. The van der Waals surface area contributed by atoms with Gasteiger partial charge in [-0.2, -0.15) is 0 Å². The first-order valence-electron chi connectivity index (χ1n) is 11.6. The molecule has 0 radical (unpaired) electrons. The number of nitrogens with one attached hydrogen (secondary N) is 1. The lowest BCUT2D eigenvalue weighted by atomic mass is 10.1. The van der Waals surface area contributed by atoms with Gasteiger partial charge in [0.25, 0.3) is 0 Å². The molecule has 0 aliphatic carbocycles. The average Bonchev–Trinajstić information content (AvgIpc) is 3.52. The highest BCUT2D eigenvalue weighted by atomic mass is 32.1. The van der Waals surface area contributed by atoms with Gasteiger partial charge in [0, 0.05) is 28.4 Å². The summed E-state index contributed by atoms with van der Waals surface area (Å²) >= 11 is 1.55. The molecule has 0 bridgehead atoms. The van der Waals surface area contributed by atoms with Crippen LogP contribution in [0.15, 0.2) is 97.2 Å². The number of pyridine rings is 1. The Morgan fingerprint density at radius 3 is 2.56 bits per heavy atom. The maximum absolute atomic E-state index is 13.0. The Balaban J connectivity index is 1.24. The largest absolute Gasteiger partial charge is 0.338 e. The Hall–Kier alpha value is -4.62. The normalized spacial score (nSPS) is 11.8. The summed E-state index contributed by atoms with van der Waals surface area (Å²) in [5.74, 6) is 2.35. The lowest BCUT2D eigenvalue weighted by molar-refractivity contribution is 0.0997. The highest BCUT2D eigenvalue weighted by molar-refractivity contribution is 7.20. The van der Waals surface area contributed by atoms with Gasteiger partial charge in [-0.1, -0.05) is 54.6 Å². The highest BCUT2D eigenvalue weighted by Crippen LogP contribution is 2.39. The summed E-state index contributed by atoms with van der Waals surface area (Å²) in [7, 11) is 0. The van der Waals surface area contributed by atoms with Crippen molar-refractivity contribution in [2.75, 3.05) is 5.32 Å². The van der Waals surface area contributed by atoms with Crippen LogP contribution in [0.3, 0.4) is 0 Å². The maximum atomic E-state index is 13.0. The molecule has 0 amide bonds. The molecule has 6 aromatic rings. The first kappa shape index (κ1) is 20.7. The Morgan fingerprint density at radius 2 is 1.67 bits per heavy atom. The van der Waals surface area contributed by atoms with E-state index < -0.39 is 0 Å². The van der Waals surface area contributed by atoms with E-state index in [1.165, 1.54) is 0 Å². The fraction of sp³-hybridized carbons (Fsp3) is 0.0345. The van der Waals surface area contributed by atoms with Gasteiger partial charge in [-0.25, -0.2) is 4.98 Å². The van der Waals surface area contributed by atoms with Crippen LogP contribution in [0.2, 0.25) is 0 Å². The van der Waals surface area contributed by atoms with E-state index in [-0.39, 0.29) is 5.78 Å². The number of hydrogen-bond acceptors (Lipinski definition) is 6. The predicted molar refractivity (Wildman–Crippen MR) is 143 cm³/mol. The van der Waals surface area contributed by atoms with E-state index in [1.807, 2.05) is 89.5 Å². The summed E-state index contributed by atoms with van der Waals surface area (Å²) < 4.78 is 3.17. The molecule has 7 heteroatoms. The molecule has 0 saturated heterocycles. The Bertz CT molecular complexity index is 1730. The lowest BCUT2D eigenvalue weighted by Crippen LogP contribution is -2.03. The van der Waals surface area contributed by atoms with E-state index in [0.29, 0.717) is 6.42 Å². The number of hydrogen-bond donors (Lipinski definition) is 1. The van der Waals surface area contributed by atoms with Crippen LogP contribution < -0.4 is 5.32 Å². The van der Waals surface area contributed by atoms with Crippen molar-refractivity contribution in [3.05, 3.63) is 108 Å². The zero-order valence-electron chi connectivity index (χ0n) is 19.1. The number of ketones is 1. The topological polar surface area (TPSA) is 72.7 Å². The minimum Gasteiger partial charge on any atom is -0.338 e. The molecule has 4 heterocycles. The van der Waals surface area contributed by atoms with Gasteiger partial charge in [0.05, 0.1) is 16.3 Å². The molecule has 36 heavy (non-hydrogen) atoms. The summed E-state index contributed by atoms with van der Waals surface area (Å²) in [6.45, 7) is 0. The van der Waals surface area contributed by atoms with Gasteiger partial charge in [-0.15, -0.1) is 21.5 Å². The first-order chi connectivity index (χ1) is 17.7. The predicted octanol–water partition coefficient (Wildman–Crippen LogP) is 6.69. The number of rotatable bonds is 4. The van der Waals surface area contributed by atoms with Crippen LogP contribution in [0.4, 0.5) is 11.5 Å². The minimum atomic E-state index is 0.128. The Labute approximate surface area is 210 Å². The van der Waals surface area contributed by atoms with Crippen molar-refractivity contribution in [3.8, 4) is 28.5 Å². The summed E-state index contributed by atoms with van der Waals surface area (Å²) in [5, 5.41) is 13.7. The number of para-hydroxylation sites is 1. The van der Waals surface area contributed by atoms with Crippen molar-refractivity contribution in [3.63, 3.8) is 0 Å². The quantitative estimate of drug-likeness (QED) is 0.281. The number of anilines is 2. The molecule has 1 aliphatic heterocycles. The van der Waals surface area contributed by atoms with Gasteiger partial charge in [-0.05, 0) is 47.3 Å². The van der Waals surface area contributed by atoms with Crippen LogP contribution in [0.1, 0.15) is 15.2 Å². The van der Waals surface area contributed by atoms with E-state index in [2.05, 4.69) is 26.6 Å². The zero-order chi connectivity index (χ0) is 24.1. The molecular formula is C29H19N5OS. The van der Waals surface area contributed by atoms with E-state index in [0.717, 1.165) is 60.5 Å². The molecule has 0 spiro atoms. The SMILES string of the molecule is O=C(Cc1ccc(-c2nnc3n2-c2cccnc2Nc2ccccc2-3)cc1)c1cc2ccccc2s1. The van der Waals surface area contributed by atoms with Gasteiger partial charge in [-0.3, -0.25) is 9.36 Å². The van der Waals surface area contributed by atoms with Gasteiger partial charge in [0.2, 0.25) is 0 Å². The van der Waals surface area contributed by atoms with Gasteiger partial charge >= 0.3 is 0 Å². The highest BCUT2D eigenvalue weighted by Gasteiger charge is 2.25. The summed E-state index contributed by atoms with van der Waals surface area (Å²) in [4.78, 5) is 18.3. The fourth-order valence-corrected chi connectivity index (χ4v) is 5.63. The Morgan fingerprint density at radius 1 is 0.861 bits per heavy atom. The molecule has 0 unspecified atom stereocenters. The van der Waals surface area contributed by atoms with Crippen molar-refractivity contribution in [2.24, 2.45) is 0 Å². The number of aromatic nitrogens is 4. The molecule has 3 aromatic carbocycles. The number of thiophene rings is 1. The smallest absolute Gasteiger partial charge is 0.177 e. The molecule has 1 aliphatic rings. The molecule has 3 aromatic heterocycles. The average molecular weight is 486 g/mol. The molecular weight excluding hydrogens is 466 g/mol. The summed E-state index contributed by atoms with van der Waals surface area (Å²) in [6.07, 6.45) is 2.13. The first-order valence-corrected chi connectivity index (χ1v) is 12.4. The van der Waals surface area contributed by atoms with Crippen LogP contribution >= 0.6 is 11.3 Å². The van der Waals surface area contributed by atoms with Crippen LogP contribution in [-0.2, 0) is 6.42 Å².